The van der Waals surface area contributed by atoms with E-state index < -0.39 is 0 Å². The first-order valence-corrected chi connectivity index (χ1v) is 3.49. The number of hydrogen-bond donors (Lipinski definition) is 2. The Hall–Kier alpha value is -1.04. The molecule has 6 heteroatoms. The van der Waals surface area contributed by atoms with E-state index in [-0.39, 0.29) is 17.6 Å². The molecular weight excluding hydrogens is 150 g/mol. The van der Waals surface area contributed by atoms with Gasteiger partial charge >= 0.3 is 0 Å². The molecule has 0 amide bonds. The normalized spacial score (nSPS) is 26.1. The van der Waals surface area contributed by atoms with E-state index in [1.54, 1.807) is 0 Å². The number of hydrogen-bond acceptors (Lipinski definition) is 3. The molecular formula is C5H11N3O3. The van der Waals surface area contributed by atoms with E-state index in [2.05, 4.69) is 5.28 Å². The molecule has 2 N–H and O–H groups in total. The molecule has 1 aliphatic rings. The van der Waals surface area contributed by atoms with E-state index in [0.717, 1.165) is 12.8 Å². The lowest BCUT2D eigenvalue weighted by atomic mass is 10.2. The van der Waals surface area contributed by atoms with Crippen molar-refractivity contribution in [3.8, 4) is 0 Å². The lowest BCUT2D eigenvalue weighted by Crippen LogP contribution is -2.37. The largest absolute Gasteiger partial charge is 0.569 e. The summed E-state index contributed by atoms with van der Waals surface area (Å²) in [6.45, 7) is 0.465. The maximum Gasteiger partial charge on any atom is 0.230 e. The zero-order chi connectivity index (χ0) is 8.27. The second kappa shape index (κ2) is 3.38. The number of aliphatic hydroxyl groups is 1. The summed E-state index contributed by atoms with van der Waals surface area (Å²) >= 11 is 0. The van der Waals surface area contributed by atoms with Gasteiger partial charge in [0.25, 0.3) is 0 Å². The minimum Gasteiger partial charge on any atom is -0.569 e. The number of rotatable bonds is 2. The van der Waals surface area contributed by atoms with Crippen LogP contribution in [0.1, 0.15) is 12.8 Å². The zero-order valence-corrected chi connectivity index (χ0v) is 6.05. The fraction of sp³-hybridized carbons (Fsp3) is 1.00. The molecule has 1 fully saturated rings. The lowest BCUT2D eigenvalue weighted by Gasteiger charge is -2.16. The molecule has 0 unspecified atom stereocenters. The highest BCUT2D eigenvalue weighted by Gasteiger charge is 2.30. The van der Waals surface area contributed by atoms with Crippen molar-refractivity contribution in [2.24, 2.45) is 5.28 Å². The molecule has 0 aromatic carbocycles. The number of hydrazine groups is 1. The second-order valence-electron chi connectivity index (χ2n) is 2.48. The van der Waals surface area contributed by atoms with E-state index >= 15 is 0 Å². The van der Waals surface area contributed by atoms with Gasteiger partial charge in [-0.1, -0.05) is 0 Å². The summed E-state index contributed by atoms with van der Waals surface area (Å²) in [5.41, 5.74) is 0. The van der Waals surface area contributed by atoms with Crippen LogP contribution in [0.15, 0.2) is 5.28 Å². The van der Waals surface area contributed by atoms with Crippen LogP contribution in [0, 0.1) is 5.21 Å². The smallest absolute Gasteiger partial charge is 0.230 e. The van der Waals surface area contributed by atoms with Gasteiger partial charge in [-0.05, 0) is 12.8 Å². The Morgan fingerprint density at radius 3 is 3.00 bits per heavy atom. The highest BCUT2D eigenvalue weighted by atomic mass is 16.6. The zero-order valence-electron chi connectivity index (χ0n) is 6.05. The first kappa shape index (κ1) is 8.06. The van der Waals surface area contributed by atoms with E-state index in [4.69, 9.17) is 10.3 Å². The Bertz CT molecular complexity index is 161. The SMILES string of the molecule is [O-]/[N+](=N/O)N1CCC[C@@H]1CO. The minimum atomic E-state index is -0.191. The van der Waals surface area contributed by atoms with Crippen LogP contribution in [-0.4, -0.2) is 39.5 Å². The third-order valence-corrected chi connectivity index (χ3v) is 1.85. The third-order valence-electron chi connectivity index (χ3n) is 1.85. The monoisotopic (exact) mass is 161 g/mol. The highest BCUT2D eigenvalue weighted by molar-refractivity contribution is 4.71. The topological polar surface area (TPSA) is 82.1 Å². The van der Waals surface area contributed by atoms with Gasteiger partial charge in [-0.25, -0.2) is 0 Å². The fourth-order valence-electron chi connectivity index (χ4n) is 1.28. The molecule has 1 atom stereocenters. The Kier molecular flexibility index (Phi) is 2.48. The molecule has 0 aliphatic carbocycles. The molecule has 0 spiro atoms. The van der Waals surface area contributed by atoms with Crippen LogP contribution in [-0.2, 0) is 0 Å². The van der Waals surface area contributed by atoms with Gasteiger partial charge in [-0.15, -0.1) is 5.01 Å². The summed E-state index contributed by atoms with van der Waals surface area (Å²) in [4.78, 5) is 0.119. The average Bonchev–Trinajstić information content (AvgIpc) is 2.50. The summed E-state index contributed by atoms with van der Waals surface area (Å²) in [6, 6.07) is -0.191. The Morgan fingerprint density at radius 2 is 2.45 bits per heavy atom. The average molecular weight is 161 g/mol. The molecule has 0 radical (unpaired) electrons. The van der Waals surface area contributed by atoms with Gasteiger partial charge in [-0.2, -0.15) is 0 Å². The van der Waals surface area contributed by atoms with Crippen LogP contribution >= 0.6 is 0 Å². The lowest BCUT2D eigenvalue weighted by molar-refractivity contribution is -0.713. The van der Waals surface area contributed by atoms with Gasteiger partial charge < -0.3 is 15.5 Å². The molecule has 64 valence electrons. The summed E-state index contributed by atoms with van der Waals surface area (Å²) in [5.74, 6) is 0. The highest BCUT2D eigenvalue weighted by Crippen LogP contribution is 2.15. The molecule has 1 rings (SSSR count). The van der Waals surface area contributed by atoms with Crippen molar-refractivity contribution in [3.05, 3.63) is 5.21 Å². The predicted octanol–water partition coefficient (Wildman–Crippen LogP) is -0.290. The van der Waals surface area contributed by atoms with E-state index in [0.29, 0.717) is 6.54 Å². The summed E-state index contributed by atoms with van der Waals surface area (Å²) < 4.78 is 0. The molecule has 1 heterocycles. The van der Waals surface area contributed by atoms with Gasteiger partial charge in [0.05, 0.1) is 18.1 Å². The van der Waals surface area contributed by atoms with Crippen molar-refractivity contribution in [2.45, 2.75) is 18.9 Å². The molecule has 6 nitrogen and oxygen atoms in total. The van der Waals surface area contributed by atoms with Crippen molar-refractivity contribution >= 4 is 0 Å². The first-order chi connectivity index (χ1) is 5.29. The van der Waals surface area contributed by atoms with Gasteiger partial charge in [0.1, 0.15) is 6.04 Å². The fourth-order valence-corrected chi connectivity index (χ4v) is 1.28. The predicted molar refractivity (Wildman–Crippen MR) is 34.7 cm³/mol. The van der Waals surface area contributed by atoms with E-state index in [1.165, 1.54) is 5.01 Å². The maximum atomic E-state index is 10.7. The van der Waals surface area contributed by atoms with Crippen LogP contribution in [0.5, 0.6) is 0 Å². The van der Waals surface area contributed by atoms with Crippen LogP contribution in [0.25, 0.3) is 0 Å². The molecule has 0 bridgehead atoms. The second-order valence-corrected chi connectivity index (χ2v) is 2.48. The van der Waals surface area contributed by atoms with Crippen LogP contribution < -0.4 is 0 Å². The Balaban J connectivity index is 2.56. The molecule has 11 heavy (non-hydrogen) atoms. The Morgan fingerprint density at radius 1 is 1.73 bits per heavy atom. The van der Waals surface area contributed by atoms with Crippen molar-refractivity contribution in [1.29, 1.82) is 0 Å². The number of nitrogens with zero attached hydrogens (tertiary/aromatic N) is 3. The van der Waals surface area contributed by atoms with Crippen LogP contribution in [0.2, 0.25) is 0 Å². The van der Waals surface area contributed by atoms with Gasteiger partial charge in [0.2, 0.25) is 5.28 Å². The van der Waals surface area contributed by atoms with Crippen molar-refractivity contribution in [1.82, 2.24) is 5.01 Å². The first-order valence-electron chi connectivity index (χ1n) is 3.49. The molecule has 0 aromatic rings. The van der Waals surface area contributed by atoms with Crippen molar-refractivity contribution in [3.63, 3.8) is 0 Å². The van der Waals surface area contributed by atoms with E-state index in [9.17, 15) is 5.21 Å². The summed E-state index contributed by atoms with van der Waals surface area (Å²) in [7, 11) is 0. The van der Waals surface area contributed by atoms with Gasteiger partial charge in [0.15, 0.2) is 0 Å². The standard InChI is InChI=1S/C5H11N3O3/c9-4-5-2-1-3-7(5)8(11)6-10/h5,9-10H,1-4H2/b8-6+/t5-/m1/s1. The summed E-state index contributed by atoms with van der Waals surface area (Å²) in [6.07, 6.45) is 1.62. The maximum absolute atomic E-state index is 10.7. The minimum absolute atomic E-state index is 0.0751. The van der Waals surface area contributed by atoms with Gasteiger partial charge in [-0.3, -0.25) is 0 Å². The molecule has 1 aliphatic heterocycles. The van der Waals surface area contributed by atoms with Crippen molar-refractivity contribution in [2.75, 3.05) is 13.2 Å². The van der Waals surface area contributed by atoms with Gasteiger partial charge in [0, 0.05) is 0 Å². The van der Waals surface area contributed by atoms with Crippen LogP contribution in [0.4, 0.5) is 0 Å². The molecule has 1 saturated heterocycles. The van der Waals surface area contributed by atoms with E-state index in [1.807, 2.05) is 0 Å². The molecule has 0 saturated carbocycles. The van der Waals surface area contributed by atoms with Crippen molar-refractivity contribution < 1.29 is 15.3 Å². The number of aliphatic hydroxyl groups excluding tert-OH is 1. The third kappa shape index (κ3) is 1.51. The quantitative estimate of drug-likeness (QED) is 0.331. The Labute approximate surface area is 63.9 Å². The van der Waals surface area contributed by atoms with Crippen LogP contribution in [0.3, 0.4) is 0 Å². The summed E-state index contributed by atoms with van der Waals surface area (Å²) in [5, 5.41) is 31.3. The molecule has 0 aromatic heterocycles.